The highest BCUT2D eigenvalue weighted by atomic mass is 16.6. The Kier molecular flexibility index (Phi) is 3.80. The molecule has 1 aromatic carbocycles. The summed E-state index contributed by atoms with van der Waals surface area (Å²) in [7, 11) is 0. The molecule has 96 valence electrons. The zero-order valence-corrected chi connectivity index (χ0v) is 10.8. The first-order chi connectivity index (χ1) is 8.58. The van der Waals surface area contributed by atoms with Crippen molar-refractivity contribution < 1.29 is 14.3 Å². The van der Waals surface area contributed by atoms with E-state index in [1.54, 1.807) is 0 Å². The Morgan fingerprint density at radius 2 is 1.61 bits per heavy atom. The maximum absolute atomic E-state index is 11.4. The average Bonchev–Trinajstić information content (AvgIpc) is 2.28. The lowest BCUT2D eigenvalue weighted by atomic mass is 9.75. The first-order valence-electron chi connectivity index (χ1n) is 6.36. The molecule has 0 aromatic heterocycles. The molecule has 1 aromatic rings. The molecule has 1 aliphatic rings. The summed E-state index contributed by atoms with van der Waals surface area (Å²) in [5.41, 5.74) is 1.19. The Morgan fingerprint density at radius 1 is 1.06 bits per heavy atom. The first kappa shape index (κ1) is 12.8. The van der Waals surface area contributed by atoms with Gasteiger partial charge in [-0.25, -0.2) is 0 Å². The van der Waals surface area contributed by atoms with Crippen molar-refractivity contribution >= 4 is 11.9 Å². The van der Waals surface area contributed by atoms with Crippen LogP contribution in [0.3, 0.4) is 0 Å². The lowest BCUT2D eigenvalue weighted by Gasteiger charge is -2.31. The molecule has 0 amide bonds. The molecule has 1 fully saturated rings. The summed E-state index contributed by atoms with van der Waals surface area (Å²) in [6, 6.07) is 10.1. The van der Waals surface area contributed by atoms with Crippen molar-refractivity contribution in [1.29, 1.82) is 0 Å². The van der Waals surface area contributed by atoms with Crippen LogP contribution in [-0.4, -0.2) is 11.9 Å². The molecule has 0 radical (unpaired) electrons. The minimum Gasteiger partial charge on any atom is -0.393 e. The highest BCUT2D eigenvalue weighted by Crippen LogP contribution is 2.38. The minimum absolute atomic E-state index is 0.0566. The predicted octanol–water partition coefficient (Wildman–Crippen LogP) is 2.91. The summed E-state index contributed by atoms with van der Waals surface area (Å²) < 4.78 is 4.60. The summed E-state index contributed by atoms with van der Waals surface area (Å²) in [5.74, 6) is -0.115. The van der Waals surface area contributed by atoms with Gasteiger partial charge in [-0.2, -0.15) is 0 Å². The van der Waals surface area contributed by atoms with Gasteiger partial charge in [0.1, 0.15) is 0 Å². The first-order valence-corrected chi connectivity index (χ1v) is 6.36. The van der Waals surface area contributed by atoms with Crippen molar-refractivity contribution in [2.24, 2.45) is 11.8 Å². The zero-order chi connectivity index (χ0) is 13.1. The third-order valence-electron chi connectivity index (χ3n) is 3.50. The van der Waals surface area contributed by atoms with Gasteiger partial charge in [-0.15, -0.1) is 0 Å². The van der Waals surface area contributed by atoms with E-state index in [0.29, 0.717) is 18.8 Å². The molecular formula is C15H18O3. The number of hydrogen-bond acceptors (Lipinski definition) is 3. The molecule has 0 N–H and O–H groups in total. The van der Waals surface area contributed by atoms with E-state index in [1.807, 2.05) is 18.2 Å². The average molecular weight is 246 g/mol. The number of carbonyl (C=O) groups excluding carboxylic acids is 2. The van der Waals surface area contributed by atoms with Crippen LogP contribution in [0.25, 0.3) is 0 Å². The van der Waals surface area contributed by atoms with Gasteiger partial charge in [-0.3, -0.25) is 9.59 Å². The lowest BCUT2D eigenvalue weighted by molar-refractivity contribution is -0.166. The van der Waals surface area contributed by atoms with Crippen molar-refractivity contribution in [2.75, 3.05) is 0 Å². The molecule has 0 bridgehead atoms. The van der Waals surface area contributed by atoms with E-state index >= 15 is 0 Å². The number of carbonyl (C=O) groups is 2. The highest BCUT2D eigenvalue weighted by Gasteiger charge is 2.35. The smallest absolute Gasteiger partial charge is 0.313 e. The standard InChI is InChI=1S/C15H18O3/c1-10(2)15(11-6-4-3-5-7-11)12-8-13(16)18-14(17)9-12/h3-7,10,12,15H,8-9H2,1-2H3. The molecule has 1 saturated heterocycles. The summed E-state index contributed by atoms with van der Waals surface area (Å²) in [6.07, 6.45) is 0.674. The second-order valence-electron chi connectivity index (χ2n) is 5.19. The normalized spacial score (nSPS) is 18.8. The van der Waals surface area contributed by atoms with Gasteiger partial charge >= 0.3 is 11.9 Å². The fourth-order valence-corrected chi connectivity index (χ4v) is 2.84. The Hall–Kier alpha value is -1.64. The number of cyclic esters (lactones) is 2. The zero-order valence-electron chi connectivity index (χ0n) is 10.8. The maximum atomic E-state index is 11.4. The minimum atomic E-state index is -0.391. The van der Waals surface area contributed by atoms with Gasteiger partial charge in [-0.05, 0) is 23.3 Å². The Morgan fingerprint density at radius 3 is 2.11 bits per heavy atom. The molecule has 1 heterocycles. The summed E-state index contributed by atoms with van der Waals surface area (Å²) in [4.78, 5) is 22.8. The molecule has 3 heteroatoms. The van der Waals surface area contributed by atoms with Gasteiger partial charge in [0.15, 0.2) is 0 Å². The molecule has 0 aliphatic carbocycles. The summed E-state index contributed by atoms with van der Waals surface area (Å²) >= 11 is 0. The van der Waals surface area contributed by atoms with Crippen molar-refractivity contribution in [1.82, 2.24) is 0 Å². The van der Waals surface area contributed by atoms with E-state index in [0.717, 1.165) is 0 Å². The predicted molar refractivity (Wildman–Crippen MR) is 67.8 cm³/mol. The Bertz CT molecular complexity index is 420. The van der Waals surface area contributed by atoms with Gasteiger partial charge in [-0.1, -0.05) is 44.2 Å². The van der Waals surface area contributed by atoms with Gasteiger partial charge in [0.25, 0.3) is 0 Å². The molecule has 1 aliphatic heterocycles. The number of rotatable bonds is 3. The van der Waals surface area contributed by atoms with E-state index in [9.17, 15) is 9.59 Å². The molecule has 3 nitrogen and oxygen atoms in total. The maximum Gasteiger partial charge on any atom is 0.313 e. The highest BCUT2D eigenvalue weighted by molar-refractivity contribution is 5.88. The second-order valence-corrected chi connectivity index (χ2v) is 5.19. The SMILES string of the molecule is CC(C)C(c1ccccc1)C1CC(=O)OC(=O)C1. The van der Waals surface area contributed by atoms with Crippen molar-refractivity contribution in [3.8, 4) is 0 Å². The lowest BCUT2D eigenvalue weighted by Crippen LogP contribution is -2.31. The van der Waals surface area contributed by atoms with Crippen molar-refractivity contribution in [3.05, 3.63) is 35.9 Å². The topological polar surface area (TPSA) is 43.4 Å². The van der Waals surface area contributed by atoms with Crippen LogP contribution < -0.4 is 0 Å². The van der Waals surface area contributed by atoms with Crippen LogP contribution in [0.4, 0.5) is 0 Å². The van der Waals surface area contributed by atoms with Crippen LogP contribution in [0.1, 0.15) is 38.2 Å². The fraction of sp³-hybridized carbons (Fsp3) is 0.467. The molecule has 0 spiro atoms. The number of esters is 2. The van der Waals surface area contributed by atoms with E-state index in [4.69, 9.17) is 0 Å². The van der Waals surface area contributed by atoms with Gasteiger partial charge in [0.2, 0.25) is 0 Å². The van der Waals surface area contributed by atoms with Crippen LogP contribution in [0, 0.1) is 11.8 Å². The fourth-order valence-electron chi connectivity index (χ4n) is 2.84. The van der Waals surface area contributed by atoms with E-state index in [2.05, 4.69) is 30.7 Å². The number of benzene rings is 1. The third-order valence-corrected chi connectivity index (χ3v) is 3.50. The molecule has 1 unspecified atom stereocenters. The molecule has 1 atom stereocenters. The molecule has 2 rings (SSSR count). The van der Waals surface area contributed by atoms with Gasteiger partial charge in [0, 0.05) is 0 Å². The largest absolute Gasteiger partial charge is 0.393 e. The van der Waals surface area contributed by atoms with E-state index in [-0.39, 0.29) is 11.8 Å². The Balaban J connectivity index is 2.25. The molecular weight excluding hydrogens is 228 g/mol. The van der Waals surface area contributed by atoms with Crippen LogP contribution in [0.15, 0.2) is 30.3 Å². The van der Waals surface area contributed by atoms with Crippen LogP contribution in [0.5, 0.6) is 0 Å². The number of hydrogen-bond donors (Lipinski definition) is 0. The van der Waals surface area contributed by atoms with Gasteiger partial charge < -0.3 is 4.74 Å². The third kappa shape index (κ3) is 2.78. The van der Waals surface area contributed by atoms with Crippen LogP contribution >= 0.6 is 0 Å². The van der Waals surface area contributed by atoms with Crippen molar-refractivity contribution in [2.45, 2.75) is 32.6 Å². The van der Waals surface area contributed by atoms with Crippen LogP contribution in [0.2, 0.25) is 0 Å². The Labute approximate surface area is 107 Å². The molecule has 0 saturated carbocycles. The van der Waals surface area contributed by atoms with Crippen LogP contribution in [-0.2, 0) is 14.3 Å². The quantitative estimate of drug-likeness (QED) is 0.608. The van der Waals surface area contributed by atoms with E-state index < -0.39 is 11.9 Å². The van der Waals surface area contributed by atoms with Gasteiger partial charge in [0.05, 0.1) is 12.8 Å². The summed E-state index contributed by atoms with van der Waals surface area (Å²) in [6.45, 7) is 4.25. The van der Waals surface area contributed by atoms with E-state index in [1.165, 1.54) is 5.56 Å². The molecule has 18 heavy (non-hydrogen) atoms. The number of ether oxygens (including phenoxy) is 1. The monoisotopic (exact) mass is 246 g/mol. The summed E-state index contributed by atoms with van der Waals surface area (Å²) in [5, 5.41) is 0. The van der Waals surface area contributed by atoms with Crippen molar-refractivity contribution in [3.63, 3.8) is 0 Å². The second kappa shape index (κ2) is 5.34.